The standard InChI is InChI=1S/C16H23ClN4OS/c1-19(2)11-15(22)14-8-12-9-20(6-3-7-21(12)18-14)10-13-4-5-16(17)23-13/h4-5,8,15,22H,3,6-7,9-11H2,1-2H3/t15-/m1/s1. The van der Waals surface area contributed by atoms with Gasteiger partial charge in [-0.05, 0) is 38.7 Å². The van der Waals surface area contributed by atoms with Gasteiger partial charge in [0.1, 0.15) is 6.10 Å². The number of fused-ring (bicyclic) bond motifs is 1. The average Bonchev–Trinajstić information content (AvgIpc) is 3.01. The maximum absolute atomic E-state index is 10.3. The van der Waals surface area contributed by atoms with Crippen LogP contribution in [0.5, 0.6) is 0 Å². The number of rotatable bonds is 5. The van der Waals surface area contributed by atoms with Crippen molar-refractivity contribution in [2.45, 2.75) is 32.2 Å². The molecular formula is C16H23ClN4OS. The Kier molecular flexibility index (Phi) is 5.38. The monoisotopic (exact) mass is 354 g/mol. The van der Waals surface area contributed by atoms with Crippen molar-refractivity contribution in [3.8, 4) is 0 Å². The Labute approximate surface area is 146 Å². The van der Waals surface area contributed by atoms with E-state index in [1.54, 1.807) is 11.3 Å². The fourth-order valence-corrected chi connectivity index (χ4v) is 4.08. The first-order chi connectivity index (χ1) is 11.0. The molecule has 0 saturated heterocycles. The number of aliphatic hydroxyl groups excluding tert-OH is 1. The Bertz CT molecular complexity index is 654. The van der Waals surface area contributed by atoms with Gasteiger partial charge in [0.2, 0.25) is 0 Å². The van der Waals surface area contributed by atoms with Gasteiger partial charge in [-0.25, -0.2) is 0 Å². The van der Waals surface area contributed by atoms with E-state index in [0.717, 1.165) is 42.6 Å². The summed E-state index contributed by atoms with van der Waals surface area (Å²) in [5.74, 6) is 0. The number of likely N-dealkylation sites (N-methyl/N-ethyl adjacent to an activating group) is 1. The Morgan fingerprint density at radius 1 is 1.39 bits per heavy atom. The molecule has 1 aliphatic heterocycles. The number of hydrogen-bond donors (Lipinski definition) is 1. The molecule has 3 heterocycles. The molecule has 1 N–H and O–H groups in total. The summed E-state index contributed by atoms with van der Waals surface area (Å²) in [5.41, 5.74) is 1.95. The van der Waals surface area contributed by atoms with E-state index in [4.69, 9.17) is 11.6 Å². The number of nitrogens with zero attached hydrogens (tertiary/aromatic N) is 4. The molecule has 0 amide bonds. The zero-order valence-corrected chi connectivity index (χ0v) is 15.1. The van der Waals surface area contributed by atoms with Gasteiger partial charge in [-0.3, -0.25) is 9.58 Å². The van der Waals surface area contributed by atoms with Crippen LogP contribution in [0.4, 0.5) is 0 Å². The lowest BCUT2D eigenvalue weighted by Crippen LogP contribution is -2.22. The summed E-state index contributed by atoms with van der Waals surface area (Å²) in [6.07, 6.45) is 0.533. The molecule has 7 heteroatoms. The molecule has 1 atom stereocenters. The molecule has 126 valence electrons. The van der Waals surface area contributed by atoms with Crippen molar-refractivity contribution in [1.82, 2.24) is 19.6 Å². The maximum atomic E-state index is 10.3. The van der Waals surface area contributed by atoms with Gasteiger partial charge in [0, 0.05) is 37.6 Å². The van der Waals surface area contributed by atoms with Crippen LogP contribution in [0.25, 0.3) is 0 Å². The van der Waals surface area contributed by atoms with Gasteiger partial charge in [-0.2, -0.15) is 5.10 Å². The van der Waals surface area contributed by atoms with Gasteiger partial charge in [0.05, 0.1) is 15.7 Å². The summed E-state index contributed by atoms with van der Waals surface area (Å²) in [6, 6.07) is 6.11. The minimum atomic E-state index is -0.533. The Hall–Kier alpha value is -0.920. The molecule has 23 heavy (non-hydrogen) atoms. The molecule has 0 radical (unpaired) electrons. The Morgan fingerprint density at radius 3 is 2.91 bits per heavy atom. The third-order valence-electron chi connectivity index (χ3n) is 4.00. The van der Waals surface area contributed by atoms with Crippen LogP contribution in [-0.2, 0) is 19.6 Å². The first-order valence-electron chi connectivity index (χ1n) is 7.87. The first-order valence-corrected chi connectivity index (χ1v) is 9.06. The molecule has 0 aliphatic carbocycles. The number of aryl methyl sites for hydroxylation is 1. The fraction of sp³-hybridized carbons (Fsp3) is 0.562. The highest BCUT2D eigenvalue weighted by atomic mass is 35.5. The fourth-order valence-electron chi connectivity index (χ4n) is 2.95. The Balaban J connectivity index is 1.70. The molecule has 0 spiro atoms. The van der Waals surface area contributed by atoms with E-state index < -0.39 is 6.10 Å². The van der Waals surface area contributed by atoms with Crippen molar-refractivity contribution in [1.29, 1.82) is 0 Å². The van der Waals surface area contributed by atoms with Crippen LogP contribution in [0.15, 0.2) is 18.2 Å². The van der Waals surface area contributed by atoms with E-state index in [1.165, 1.54) is 10.6 Å². The van der Waals surface area contributed by atoms with Crippen molar-refractivity contribution in [3.63, 3.8) is 0 Å². The molecule has 0 fully saturated rings. The molecule has 2 aromatic heterocycles. The predicted octanol–water partition coefficient (Wildman–Crippen LogP) is 2.60. The van der Waals surface area contributed by atoms with Crippen molar-refractivity contribution >= 4 is 22.9 Å². The van der Waals surface area contributed by atoms with Crippen molar-refractivity contribution in [2.24, 2.45) is 0 Å². The van der Waals surface area contributed by atoms with Crippen molar-refractivity contribution in [3.05, 3.63) is 38.8 Å². The van der Waals surface area contributed by atoms with E-state index in [9.17, 15) is 5.11 Å². The van der Waals surface area contributed by atoms with Gasteiger partial charge in [0.15, 0.2) is 0 Å². The summed E-state index contributed by atoms with van der Waals surface area (Å²) in [7, 11) is 3.91. The smallest absolute Gasteiger partial charge is 0.110 e. The number of hydrogen-bond acceptors (Lipinski definition) is 5. The molecule has 2 aromatic rings. The lowest BCUT2D eigenvalue weighted by molar-refractivity contribution is 0.133. The molecule has 3 rings (SSSR count). The summed E-state index contributed by atoms with van der Waals surface area (Å²) in [4.78, 5) is 5.68. The van der Waals surface area contributed by atoms with Gasteiger partial charge in [0.25, 0.3) is 0 Å². The highest BCUT2D eigenvalue weighted by molar-refractivity contribution is 7.16. The summed E-state index contributed by atoms with van der Waals surface area (Å²) < 4.78 is 2.89. The second-order valence-electron chi connectivity index (χ2n) is 6.33. The van der Waals surface area contributed by atoms with Crippen LogP contribution in [-0.4, -0.2) is 51.9 Å². The third-order valence-corrected chi connectivity index (χ3v) is 5.22. The van der Waals surface area contributed by atoms with Crippen molar-refractivity contribution in [2.75, 3.05) is 27.2 Å². The van der Waals surface area contributed by atoms with Crippen LogP contribution in [0.1, 0.15) is 28.8 Å². The molecule has 0 aromatic carbocycles. The molecule has 0 saturated carbocycles. The lowest BCUT2D eigenvalue weighted by atomic mass is 10.2. The van der Waals surface area contributed by atoms with Crippen LogP contribution in [0.3, 0.4) is 0 Å². The van der Waals surface area contributed by atoms with Crippen LogP contribution in [0, 0.1) is 0 Å². The minimum absolute atomic E-state index is 0.533. The number of thiophene rings is 1. The molecular weight excluding hydrogens is 332 g/mol. The van der Waals surface area contributed by atoms with Crippen LogP contribution >= 0.6 is 22.9 Å². The second kappa shape index (κ2) is 7.32. The predicted molar refractivity (Wildman–Crippen MR) is 93.8 cm³/mol. The lowest BCUT2D eigenvalue weighted by Gasteiger charge is -2.18. The second-order valence-corrected chi connectivity index (χ2v) is 8.13. The summed E-state index contributed by atoms with van der Waals surface area (Å²) in [6.45, 7) is 4.32. The topological polar surface area (TPSA) is 44.5 Å². The molecule has 0 unspecified atom stereocenters. The molecule has 1 aliphatic rings. The quantitative estimate of drug-likeness (QED) is 0.896. The highest BCUT2D eigenvalue weighted by Gasteiger charge is 2.20. The van der Waals surface area contributed by atoms with Gasteiger partial charge in [-0.1, -0.05) is 11.6 Å². The maximum Gasteiger partial charge on any atom is 0.110 e. The first kappa shape index (κ1) is 16.9. The third kappa shape index (κ3) is 4.33. The highest BCUT2D eigenvalue weighted by Crippen LogP contribution is 2.25. The average molecular weight is 355 g/mol. The zero-order chi connectivity index (χ0) is 16.4. The van der Waals surface area contributed by atoms with E-state index in [2.05, 4.69) is 20.7 Å². The molecule has 5 nitrogen and oxygen atoms in total. The summed E-state index contributed by atoms with van der Waals surface area (Å²) in [5, 5.41) is 14.9. The summed E-state index contributed by atoms with van der Waals surface area (Å²) >= 11 is 7.67. The zero-order valence-electron chi connectivity index (χ0n) is 13.6. The number of aromatic nitrogens is 2. The van der Waals surface area contributed by atoms with Gasteiger partial charge < -0.3 is 10.0 Å². The SMILES string of the molecule is CN(C)C[C@@H](O)c1cc2n(n1)CCCN(Cc1ccc(Cl)s1)C2. The van der Waals surface area contributed by atoms with E-state index >= 15 is 0 Å². The van der Waals surface area contributed by atoms with Crippen molar-refractivity contribution < 1.29 is 5.11 Å². The largest absolute Gasteiger partial charge is 0.385 e. The Morgan fingerprint density at radius 2 is 2.22 bits per heavy atom. The van der Waals surface area contributed by atoms with Crippen LogP contribution < -0.4 is 0 Å². The van der Waals surface area contributed by atoms with E-state index in [-0.39, 0.29) is 0 Å². The normalized spacial score (nSPS) is 17.3. The van der Waals surface area contributed by atoms with Crippen LogP contribution in [0.2, 0.25) is 4.34 Å². The minimum Gasteiger partial charge on any atom is -0.385 e. The van der Waals surface area contributed by atoms with Gasteiger partial charge in [-0.15, -0.1) is 11.3 Å². The number of halogens is 1. The molecule has 0 bridgehead atoms. The number of aliphatic hydroxyl groups is 1. The van der Waals surface area contributed by atoms with E-state index in [0.29, 0.717) is 6.54 Å². The van der Waals surface area contributed by atoms with Gasteiger partial charge >= 0.3 is 0 Å². The van der Waals surface area contributed by atoms with E-state index in [1.807, 2.05) is 31.1 Å².